The van der Waals surface area contributed by atoms with Gasteiger partial charge in [-0.25, -0.2) is 8.42 Å². The third-order valence-corrected chi connectivity index (χ3v) is 6.50. The van der Waals surface area contributed by atoms with E-state index in [1.165, 1.54) is 12.1 Å². The lowest BCUT2D eigenvalue weighted by molar-refractivity contribution is -0.116. The van der Waals surface area contributed by atoms with E-state index in [2.05, 4.69) is 15.4 Å². The smallest absolute Gasteiger partial charge is 0.262 e. The number of hydrogen-bond donors (Lipinski definition) is 3. The van der Waals surface area contributed by atoms with E-state index >= 15 is 0 Å². The number of halogens is 1. The monoisotopic (exact) mass is 485 g/mol. The van der Waals surface area contributed by atoms with Gasteiger partial charge in [-0.2, -0.15) is 0 Å². The highest BCUT2D eigenvalue weighted by Crippen LogP contribution is 2.24. The largest absolute Gasteiger partial charge is 0.349 e. The first-order chi connectivity index (χ1) is 15.6. The molecule has 172 valence electrons. The Morgan fingerprint density at radius 1 is 0.939 bits per heavy atom. The summed E-state index contributed by atoms with van der Waals surface area (Å²) >= 11 is 5.93. The molecular weight excluding hydrogens is 462 g/mol. The van der Waals surface area contributed by atoms with Gasteiger partial charge in [-0.3, -0.25) is 14.3 Å². The van der Waals surface area contributed by atoms with Crippen LogP contribution in [0.1, 0.15) is 29.3 Å². The number of hydrogen-bond acceptors (Lipinski definition) is 4. The first-order valence-corrected chi connectivity index (χ1v) is 12.0. The van der Waals surface area contributed by atoms with E-state index in [4.69, 9.17) is 11.6 Å². The van der Waals surface area contributed by atoms with Crippen LogP contribution >= 0.6 is 11.6 Å². The Bertz CT molecular complexity index is 1260. The van der Waals surface area contributed by atoms with Crippen molar-refractivity contribution in [2.75, 3.05) is 10.0 Å². The highest BCUT2D eigenvalue weighted by atomic mass is 35.5. The third-order valence-electron chi connectivity index (χ3n) is 4.74. The second kappa shape index (κ2) is 10.5. The molecule has 0 aliphatic heterocycles. The Labute approximate surface area is 198 Å². The number of rotatable bonds is 8. The van der Waals surface area contributed by atoms with E-state index < -0.39 is 16.1 Å². The molecule has 7 nitrogen and oxygen atoms in total. The molecule has 0 heterocycles. The van der Waals surface area contributed by atoms with Crippen LogP contribution in [0.4, 0.5) is 11.4 Å². The number of benzene rings is 3. The fraction of sp³-hybridized carbons (Fsp3) is 0.167. The molecular formula is C24H24ClN3O4S. The molecule has 1 unspecified atom stereocenters. The zero-order valence-corrected chi connectivity index (χ0v) is 19.7. The predicted molar refractivity (Wildman–Crippen MR) is 130 cm³/mol. The lowest BCUT2D eigenvalue weighted by atomic mass is 10.1. The maximum atomic E-state index is 12.9. The molecule has 0 aliphatic carbocycles. The van der Waals surface area contributed by atoms with Gasteiger partial charge in [0.2, 0.25) is 5.91 Å². The van der Waals surface area contributed by atoms with Crippen LogP contribution in [0.2, 0.25) is 5.02 Å². The summed E-state index contributed by atoms with van der Waals surface area (Å²) in [6.07, 6.45) is 0.0231. The van der Waals surface area contributed by atoms with Gasteiger partial charge in [-0.05, 0) is 61.9 Å². The molecule has 3 aromatic carbocycles. The zero-order chi connectivity index (χ0) is 24.0. The average molecular weight is 486 g/mol. The second-order valence-electron chi connectivity index (χ2n) is 7.59. The normalized spacial score (nSPS) is 12.0. The molecule has 3 aromatic rings. The number of sulfonamides is 1. The fourth-order valence-electron chi connectivity index (χ4n) is 3.17. The molecule has 0 spiro atoms. The van der Waals surface area contributed by atoms with Crippen LogP contribution in [-0.4, -0.2) is 26.3 Å². The van der Waals surface area contributed by atoms with Crippen LogP contribution in [-0.2, 0) is 14.8 Å². The number of amides is 2. The van der Waals surface area contributed by atoms with Crippen LogP contribution in [0.25, 0.3) is 0 Å². The van der Waals surface area contributed by atoms with Crippen molar-refractivity contribution in [1.29, 1.82) is 0 Å². The summed E-state index contributed by atoms with van der Waals surface area (Å²) in [7, 11) is -3.91. The molecule has 0 bridgehead atoms. The number of aryl methyl sites for hydroxylation is 1. The summed E-state index contributed by atoms with van der Waals surface area (Å²) in [6.45, 7) is 3.39. The van der Waals surface area contributed by atoms with Crippen molar-refractivity contribution in [1.82, 2.24) is 5.32 Å². The minimum absolute atomic E-state index is 0.0231. The summed E-state index contributed by atoms with van der Waals surface area (Å²) in [6, 6.07) is 19.3. The summed E-state index contributed by atoms with van der Waals surface area (Å²) in [5, 5.41) is 5.87. The lowest BCUT2D eigenvalue weighted by Gasteiger charge is -2.15. The SMILES string of the molecule is Cc1ccc(NC(=O)CC(C)NC(=O)c2ccccc2)cc1S(=O)(=O)Nc1cccc(Cl)c1. The second-order valence-corrected chi connectivity index (χ2v) is 9.68. The number of anilines is 2. The maximum Gasteiger partial charge on any atom is 0.262 e. The lowest BCUT2D eigenvalue weighted by Crippen LogP contribution is -2.35. The highest BCUT2D eigenvalue weighted by molar-refractivity contribution is 7.92. The summed E-state index contributed by atoms with van der Waals surface area (Å²) in [5.41, 5.74) is 1.69. The molecule has 3 rings (SSSR count). The van der Waals surface area contributed by atoms with Gasteiger partial charge >= 0.3 is 0 Å². The van der Waals surface area contributed by atoms with E-state index in [1.54, 1.807) is 68.4 Å². The minimum Gasteiger partial charge on any atom is -0.349 e. The van der Waals surface area contributed by atoms with Gasteiger partial charge in [0.25, 0.3) is 15.9 Å². The Morgan fingerprint density at radius 3 is 2.36 bits per heavy atom. The molecule has 1 atom stereocenters. The Morgan fingerprint density at radius 2 is 1.67 bits per heavy atom. The Hall–Kier alpha value is -3.36. The quantitative estimate of drug-likeness (QED) is 0.433. The van der Waals surface area contributed by atoms with Crippen LogP contribution in [0.5, 0.6) is 0 Å². The van der Waals surface area contributed by atoms with Crippen LogP contribution in [0, 0.1) is 6.92 Å². The first kappa shape index (κ1) is 24.3. The zero-order valence-electron chi connectivity index (χ0n) is 18.1. The summed E-state index contributed by atoms with van der Waals surface area (Å²) in [4.78, 5) is 24.7. The Balaban J connectivity index is 1.66. The van der Waals surface area contributed by atoms with Gasteiger partial charge in [-0.15, -0.1) is 0 Å². The molecule has 3 N–H and O–H groups in total. The number of carbonyl (C=O) groups is 2. The van der Waals surface area contributed by atoms with Crippen molar-refractivity contribution in [3.63, 3.8) is 0 Å². The fourth-order valence-corrected chi connectivity index (χ4v) is 4.68. The van der Waals surface area contributed by atoms with Gasteiger partial charge in [0, 0.05) is 28.7 Å². The van der Waals surface area contributed by atoms with E-state index in [9.17, 15) is 18.0 Å². The molecule has 0 aliphatic rings. The van der Waals surface area contributed by atoms with Crippen molar-refractivity contribution in [2.24, 2.45) is 0 Å². The predicted octanol–water partition coefficient (Wildman–Crippen LogP) is 4.60. The molecule has 0 saturated carbocycles. The molecule has 0 radical (unpaired) electrons. The maximum absolute atomic E-state index is 12.9. The highest BCUT2D eigenvalue weighted by Gasteiger charge is 2.19. The van der Waals surface area contributed by atoms with E-state index in [0.29, 0.717) is 27.5 Å². The van der Waals surface area contributed by atoms with Crippen molar-refractivity contribution in [3.05, 3.63) is 88.9 Å². The van der Waals surface area contributed by atoms with E-state index in [0.717, 1.165) is 0 Å². The van der Waals surface area contributed by atoms with Crippen molar-refractivity contribution < 1.29 is 18.0 Å². The van der Waals surface area contributed by atoms with Crippen LogP contribution < -0.4 is 15.4 Å². The summed E-state index contributed by atoms with van der Waals surface area (Å²) in [5.74, 6) is -0.627. The molecule has 9 heteroatoms. The molecule has 0 aromatic heterocycles. The van der Waals surface area contributed by atoms with Gasteiger partial charge < -0.3 is 10.6 Å². The van der Waals surface area contributed by atoms with Crippen molar-refractivity contribution >= 4 is 44.8 Å². The minimum atomic E-state index is -3.91. The van der Waals surface area contributed by atoms with Crippen LogP contribution in [0.15, 0.2) is 77.7 Å². The molecule has 2 amide bonds. The average Bonchev–Trinajstić information content (AvgIpc) is 2.75. The van der Waals surface area contributed by atoms with E-state index in [1.807, 2.05) is 6.07 Å². The van der Waals surface area contributed by atoms with Crippen LogP contribution in [0.3, 0.4) is 0 Å². The molecule has 0 saturated heterocycles. The number of nitrogens with one attached hydrogen (secondary N) is 3. The topological polar surface area (TPSA) is 104 Å². The molecule has 0 fully saturated rings. The van der Waals surface area contributed by atoms with Gasteiger partial charge in [-0.1, -0.05) is 41.9 Å². The Kier molecular flexibility index (Phi) is 7.73. The van der Waals surface area contributed by atoms with E-state index in [-0.39, 0.29) is 23.1 Å². The molecule has 33 heavy (non-hydrogen) atoms. The van der Waals surface area contributed by atoms with Gasteiger partial charge in [0.05, 0.1) is 10.6 Å². The van der Waals surface area contributed by atoms with Crippen molar-refractivity contribution in [3.8, 4) is 0 Å². The van der Waals surface area contributed by atoms with Crippen molar-refractivity contribution in [2.45, 2.75) is 31.2 Å². The first-order valence-electron chi connectivity index (χ1n) is 10.2. The van der Waals surface area contributed by atoms with Gasteiger partial charge in [0.1, 0.15) is 0 Å². The summed E-state index contributed by atoms with van der Waals surface area (Å²) < 4.78 is 28.3. The number of carbonyl (C=O) groups excluding carboxylic acids is 2. The van der Waals surface area contributed by atoms with Gasteiger partial charge in [0.15, 0.2) is 0 Å². The standard InChI is InChI=1S/C24H24ClN3O4S/c1-16-11-12-20(15-22(16)33(31,32)28-21-10-6-9-19(25)14-21)27-23(29)13-17(2)26-24(30)18-7-4-3-5-8-18/h3-12,14-15,17,28H,13H2,1-2H3,(H,26,30)(H,27,29). The third kappa shape index (κ3) is 6.81.